The van der Waals surface area contributed by atoms with Crippen LogP contribution < -0.4 is 10.2 Å². The number of fused-ring (bicyclic) bond motifs is 1. The molecule has 2 aromatic carbocycles. The summed E-state index contributed by atoms with van der Waals surface area (Å²) < 4.78 is 23.4. The van der Waals surface area contributed by atoms with Crippen molar-refractivity contribution in [3.05, 3.63) is 42.5 Å². The van der Waals surface area contributed by atoms with E-state index in [0.29, 0.717) is 13.0 Å². The van der Waals surface area contributed by atoms with E-state index in [0.717, 1.165) is 16.5 Å². The number of nitrogens with zero attached hydrogens (tertiary/aromatic N) is 1. The fraction of sp³-hybridized carbons (Fsp3) is 0.421. The highest BCUT2D eigenvalue weighted by atomic mass is 32.2. The molecule has 6 heteroatoms. The molecular formula is C19H24N2O3S. The maximum atomic E-state index is 12.8. The molecule has 0 bridgehead atoms. The molecule has 5 nitrogen and oxygen atoms in total. The number of carbonyl (C=O) groups is 1. The number of benzene rings is 2. The van der Waals surface area contributed by atoms with Crippen molar-refractivity contribution >= 4 is 32.2 Å². The van der Waals surface area contributed by atoms with E-state index in [4.69, 9.17) is 0 Å². The van der Waals surface area contributed by atoms with Crippen molar-refractivity contribution < 1.29 is 13.2 Å². The first-order valence-corrected chi connectivity index (χ1v) is 10.4. The van der Waals surface area contributed by atoms with Gasteiger partial charge in [-0.05, 0) is 31.7 Å². The molecule has 3 rings (SSSR count). The molecule has 1 heterocycles. The monoisotopic (exact) mass is 360 g/mol. The molecule has 0 aromatic heterocycles. The van der Waals surface area contributed by atoms with E-state index in [-0.39, 0.29) is 24.0 Å². The van der Waals surface area contributed by atoms with Crippen LogP contribution in [0.3, 0.4) is 0 Å². The standard InChI is InChI=1S/C19H24N2O3S/c1-3-21(17-10-6-8-15-7-4-5-9-16(15)17)18(22)13-20-19(2)11-12-25(23,24)14-19/h4-10,20H,3,11-14H2,1-2H3. The third-order valence-corrected chi connectivity index (χ3v) is 6.75. The summed E-state index contributed by atoms with van der Waals surface area (Å²) in [6.45, 7) is 4.51. The van der Waals surface area contributed by atoms with Gasteiger partial charge in [0.1, 0.15) is 0 Å². The molecule has 2 aromatic rings. The largest absolute Gasteiger partial charge is 0.311 e. The zero-order valence-corrected chi connectivity index (χ0v) is 15.5. The number of amides is 1. The topological polar surface area (TPSA) is 66.5 Å². The molecule has 1 atom stereocenters. The van der Waals surface area contributed by atoms with Crippen LogP contribution in [-0.2, 0) is 14.6 Å². The second kappa shape index (κ2) is 6.77. The number of hydrogen-bond donors (Lipinski definition) is 1. The van der Waals surface area contributed by atoms with E-state index in [1.807, 2.05) is 56.3 Å². The van der Waals surface area contributed by atoms with Gasteiger partial charge in [0.25, 0.3) is 0 Å². The van der Waals surface area contributed by atoms with Crippen molar-refractivity contribution in [3.8, 4) is 0 Å². The molecule has 1 fully saturated rings. The Kier molecular flexibility index (Phi) is 4.84. The van der Waals surface area contributed by atoms with Crippen LogP contribution in [0.15, 0.2) is 42.5 Å². The second-order valence-corrected chi connectivity index (χ2v) is 9.08. The van der Waals surface area contributed by atoms with Gasteiger partial charge in [-0.1, -0.05) is 36.4 Å². The smallest absolute Gasteiger partial charge is 0.240 e. The summed E-state index contributed by atoms with van der Waals surface area (Å²) in [7, 11) is -3.00. The Bertz CT molecular complexity index is 889. The normalized spacial score (nSPS) is 22.2. The van der Waals surface area contributed by atoms with Crippen LogP contribution in [0.25, 0.3) is 10.8 Å². The van der Waals surface area contributed by atoms with Gasteiger partial charge in [0.15, 0.2) is 9.84 Å². The van der Waals surface area contributed by atoms with Crippen molar-refractivity contribution in [2.24, 2.45) is 0 Å². The van der Waals surface area contributed by atoms with E-state index in [2.05, 4.69) is 5.32 Å². The van der Waals surface area contributed by atoms with Crippen molar-refractivity contribution in [2.75, 3.05) is 29.5 Å². The van der Waals surface area contributed by atoms with Crippen LogP contribution >= 0.6 is 0 Å². The molecule has 0 radical (unpaired) electrons. The Labute approximate surface area is 148 Å². The Morgan fingerprint density at radius 2 is 1.92 bits per heavy atom. The molecule has 1 N–H and O–H groups in total. The van der Waals surface area contributed by atoms with E-state index < -0.39 is 15.4 Å². The number of anilines is 1. The number of carbonyl (C=O) groups excluding carboxylic acids is 1. The average Bonchev–Trinajstić information content (AvgIpc) is 2.88. The maximum Gasteiger partial charge on any atom is 0.240 e. The van der Waals surface area contributed by atoms with Crippen molar-refractivity contribution in [3.63, 3.8) is 0 Å². The molecular weight excluding hydrogens is 336 g/mol. The Hall–Kier alpha value is -1.92. The summed E-state index contributed by atoms with van der Waals surface area (Å²) >= 11 is 0. The van der Waals surface area contributed by atoms with Gasteiger partial charge in [-0.2, -0.15) is 0 Å². The van der Waals surface area contributed by atoms with E-state index in [1.54, 1.807) is 4.90 Å². The van der Waals surface area contributed by atoms with Crippen LogP contribution in [0.2, 0.25) is 0 Å². The summed E-state index contributed by atoms with van der Waals surface area (Å²) in [5.41, 5.74) is 0.365. The van der Waals surface area contributed by atoms with Crippen LogP contribution in [0.4, 0.5) is 5.69 Å². The van der Waals surface area contributed by atoms with E-state index >= 15 is 0 Å². The number of likely N-dealkylation sites (N-methyl/N-ethyl adjacent to an activating group) is 1. The Morgan fingerprint density at radius 1 is 1.20 bits per heavy atom. The minimum Gasteiger partial charge on any atom is -0.311 e. The van der Waals surface area contributed by atoms with Crippen LogP contribution in [-0.4, -0.2) is 44.5 Å². The summed E-state index contributed by atoms with van der Waals surface area (Å²) in [5, 5.41) is 5.30. The lowest BCUT2D eigenvalue weighted by Crippen LogP contribution is -2.49. The number of sulfone groups is 1. The van der Waals surface area contributed by atoms with E-state index in [9.17, 15) is 13.2 Å². The quantitative estimate of drug-likeness (QED) is 0.889. The number of nitrogens with one attached hydrogen (secondary N) is 1. The molecule has 25 heavy (non-hydrogen) atoms. The zero-order valence-electron chi connectivity index (χ0n) is 14.7. The minimum absolute atomic E-state index is 0.0515. The SMILES string of the molecule is CCN(C(=O)CNC1(C)CCS(=O)(=O)C1)c1cccc2ccccc12. The highest BCUT2D eigenvalue weighted by molar-refractivity contribution is 7.91. The lowest BCUT2D eigenvalue weighted by Gasteiger charge is -2.27. The van der Waals surface area contributed by atoms with Gasteiger partial charge >= 0.3 is 0 Å². The fourth-order valence-corrected chi connectivity index (χ4v) is 5.58. The predicted octanol–water partition coefficient (Wildman–Crippen LogP) is 2.36. The molecule has 1 saturated heterocycles. The second-order valence-electron chi connectivity index (χ2n) is 6.89. The molecule has 0 aliphatic carbocycles. The first kappa shape index (κ1) is 17.9. The molecule has 1 aliphatic rings. The highest BCUT2D eigenvalue weighted by Gasteiger charge is 2.38. The van der Waals surface area contributed by atoms with Gasteiger partial charge in [-0.25, -0.2) is 8.42 Å². The summed E-state index contributed by atoms with van der Waals surface area (Å²) in [5.74, 6) is 0.225. The van der Waals surface area contributed by atoms with Crippen molar-refractivity contribution in [1.82, 2.24) is 5.32 Å². The average molecular weight is 360 g/mol. The van der Waals surface area contributed by atoms with Crippen LogP contribution in [0.5, 0.6) is 0 Å². The Morgan fingerprint density at radius 3 is 2.60 bits per heavy atom. The first-order valence-electron chi connectivity index (χ1n) is 8.57. The lowest BCUT2D eigenvalue weighted by atomic mass is 10.0. The summed E-state index contributed by atoms with van der Waals surface area (Å²) in [4.78, 5) is 14.5. The molecule has 0 saturated carbocycles. The third kappa shape index (κ3) is 3.85. The van der Waals surface area contributed by atoms with Crippen molar-refractivity contribution in [1.29, 1.82) is 0 Å². The number of rotatable bonds is 5. The van der Waals surface area contributed by atoms with Gasteiger partial charge in [0.05, 0.1) is 23.7 Å². The van der Waals surface area contributed by atoms with Crippen molar-refractivity contribution in [2.45, 2.75) is 25.8 Å². The molecule has 1 amide bonds. The highest BCUT2D eigenvalue weighted by Crippen LogP contribution is 2.27. The van der Waals surface area contributed by atoms with Gasteiger partial charge in [-0.15, -0.1) is 0 Å². The predicted molar refractivity (Wildman–Crippen MR) is 102 cm³/mol. The van der Waals surface area contributed by atoms with Gasteiger partial charge in [-0.3, -0.25) is 4.79 Å². The first-order chi connectivity index (χ1) is 11.8. The molecule has 1 unspecified atom stereocenters. The van der Waals surface area contributed by atoms with Crippen LogP contribution in [0, 0.1) is 0 Å². The van der Waals surface area contributed by atoms with Gasteiger partial charge in [0, 0.05) is 17.5 Å². The Balaban J connectivity index is 1.78. The fourth-order valence-electron chi connectivity index (χ4n) is 3.46. The zero-order chi connectivity index (χ0) is 18.1. The van der Waals surface area contributed by atoms with Crippen LogP contribution in [0.1, 0.15) is 20.3 Å². The van der Waals surface area contributed by atoms with E-state index in [1.165, 1.54) is 0 Å². The van der Waals surface area contributed by atoms with Gasteiger partial charge in [0.2, 0.25) is 5.91 Å². The number of hydrogen-bond acceptors (Lipinski definition) is 4. The molecule has 1 aliphatic heterocycles. The molecule has 134 valence electrons. The lowest BCUT2D eigenvalue weighted by molar-refractivity contribution is -0.118. The molecule has 0 spiro atoms. The summed E-state index contributed by atoms with van der Waals surface area (Å²) in [6, 6.07) is 13.9. The third-order valence-electron chi connectivity index (χ3n) is 4.84. The minimum atomic E-state index is -3.00. The maximum absolute atomic E-state index is 12.8. The van der Waals surface area contributed by atoms with Gasteiger partial charge < -0.3 is 10.2 Å². The summed E-state index contributed by atoms with van der Waals surface area (Å²) in [6.07, 6.45) is 0.545.